The van der Waals surface area contributed by atoms with Crippen molar-refractivity contribution in [3.63, 3.8) is 0 Å². The first-order valence-corrected chi connectivity index (χ1v) is 6.47. The average Bonchev–Trinajstić information content (AvgIpc) is 2.43. The normalized spacial score (nSPS) is 9.90. The van der Waals surface area contributed by atoms with E-state index in [2.05, 4.69) is 20.9 Å². The number of nitrogens with one attached hydrogen (secondary N) is 3. The topological polar surface area (TPSA) is 109 Å². The van der Waals surface area contributed by atoms with E-state index in [0.29, 0.717) is 24.7 Å². The summed E-state index contributed by atoms with van der Waals surface area (Å²) in [7, 11) is 0. The summed E-state index contributed by atoms with van der Waals surface area (Å²) in [6.07, 6.45) is 0.881. The smallest absolute Gasteiger partial charge is 0.276 e. The van der Waals surface area contributed by atoms with E-state index < -0.39 is 4.92 Å². The fraction of sp³-hybridized carbons (Fsp3) is 0.500. The lowest BCUT2D eigenvalue weighted by molar-refractivity contribution is -0.384. The van der Waals surface area contributed by atoms with Crippen LogP contribution in [0.1, 0.15) is 20.3 Å². The third kappa shape index (κ3) is 5.09. The summed E-state index contributed by atoms with van der Waals surface area (Å²) in [6, 6.07) is 2.67. The lowest BCUT2D eigenvalue weighted by Crippen LogP contribution is -2.29. The van der Waals surface area contributed by atoms with Gasteiger partial charge in [0.25, 0.3) is 5.69 Å². The van der Waals surface area contributed by atoms with Crippen LogP contribution in [0, 0.1) is 10.1 Å². The van der Waals surface area contributed by atoms with Crippen molar-refractivity contribution in [3.05, 3.63) is 22.2 Å². The molecule has 0 aliphatic heterocycles. The number of nitro groups is 1. The number of aromatic nitrogens is 1. The lowest BCUT2D eigenvalue weighted by atomic mass is 10.3. The summed E-state index contributed by atoms with van der Waals surface area (Å²) in [6.45, 7) is 5.03. The van der Waals surface area contributed by atoms with Gasteiger partial charge in [0.05, 0.1) is 23.6 Å². The van der Waals surface area contributed by atoms with E-state index in [1.807, 2.05) is 13.8 Å². The molecule has 1 heterocycles. The quantitative estimate of drug-likeness (QED) is 0.490. The first kappa shape index (κ1) is 15.7. The number of nitrogens with zero attached hydrogens (tertiary/aromatic N) is 2. The van der Waals surface area contributed by atoms with Crippen LogP contribution >= 0.6 is 0 Å². The van der Waals surface area contributed by atoms with Crippen LogP contribution in [0.25, 0.3) is 0 Å². The summed E-state index contributed by atoms with van der Waals surface area (Å²) < 4.78 is 0. The fourth-order valence-electron chi connectivity index (χ4n) is 1.49. The minimum Gasteiger partial charge on any atom is -0.370 e. The van der Waals surface area contributed by atoms with E-state index in [1.165, 1.54) is 12.1 Å². The van der Waals surface area contributed by atoms with Gasteiger partial charge in [0.15, 0.2) is 0 Å². The van der Waals surface area contributed by atoms with Crippen LogP contribution in [0.3, 0.4) is 0 Å². The van der Waals surface area contributed by atoms with E-state index in [9.17, 15) is 14.9 Å². The Morgan fingerprint density at radius 2 is 1.95 bits per heavy atom. The maximum Gasteiger partial charge on any atom is 0.276 e. The van der Waals surface area contributed by atoms with E-state index in [1.54, 1.807) is 0 Å². The fourth-order valence-corrected chi connectivity index (χ4v) is 1.49. The van der Waals surface area contributed by atoms with Crippen LogP contribution in [0.15, 0.2) is 12.1 Å². The molecule has 110 valence electrons. The molecule has 0 fully saturated rings. The molecular weight excluding hydrogens is 262 g/mol. The second-order valence-corrected chi connectivity index (χ2v) is 4.09. The van der Waals surface area contributed by atoms with Gasteiger partial charge in [-0.25, -0.2) is 4.98 Å². The first-order chi connectivity index (χ1) is 9.56. The number of carbonyl (C=O) groups is 1. The highest BCUT2D eigenvalue weighted by atomic mass is 16.6. The summed E-state index contributed by atoms with van der Waals surface area (Å²) in [5.74, 6) is 0.521. The average molecular weight is 281 g/mol. The van der Waals surface area contributed by atoms with Gasteiger partial charge in [-0.1, -0.05) is 6.92 Å². The van der Waals surface area contributed by atoms with Crippen molar-refractivity contribution < 1.29 is 9.72 Å². The molecule has 20 heavy (non-hydrogen) atoms. The number of hydrogen-bond acceptors (Lipinski definition) is 6. The van der Waals surface area contributed by atoms with Crippen LogP contribution in [0.4, 0.5) is 17.3 Å². The Morgan fingerprint density at radius 3 is 2.50 bits per heavy atom. The zero-order chi connectivity index (χ0) is 15.0. The second-order valence-electron chi connectivity index (χ2n) is 4.09. The molecular formula is C12H19N5O3. The molecule has 0 aliphatic rings. The van der Waals surface area contributed by atoms with Gasteiger partial charge in [-0.3, -0.25) is 14.9 Å². The molecule has 8 nitrogen and oxygen atoms in total. The van der Waals surface area contributed by atoms with Crippen molar-refractivity contribution >= 4 is 23.2 Å². The molecule has 1 aromatic rings. The number of anilines is 2. The molecule has 0 spiro atoms. The maximum atomic E-state index is 11.3. The first-order valence-electron chi connectivity index (χ1n) is 6.47. The number of likely N-dealkylation sites (N-methyl/N-ethyl adjacent to an activating group) is 1. The van der Waals surface area contributed by atoms with E-state index >= 15 is 0 Å². The minimum atomic E-state index is -0.490. The molecule has 0 unspecified atom stereocenters. The van der Waals surface area contributed by atoms with Crippen molar-refractivity contribution in [1.82, 2.24) is 10.3 Å². The number of pyridine rings is 1. The monoisotopic (exact) mass is 281 g/mol. The van der Waals surface area contributed by atoms with Crippen molar-refractivity contribution in [1.29, 1.82) is 0 Å². The number of amides is 1. The summed E-state index contributed by atoms with van der Waals surface area (Å²) in [5, 5.41) is 19.2. The van der Waals surface area contributed by atoms with Crippen LogP contribution in [-0.4, -0.2) is 35.4 Å². The molecule has 8 heteroatoms. The Morgan fingerprint density at radius 1 is 1.30 bits per heavy atom. The van der Waals surface area contributed by atoms with Crippen molar-refractivity contribution in [2.75, 3.05) is 30.3 Å². The lowest BCUT2D eigenvalue weighted by Gasteiger charge is -2.09. The molecule has 0 radical (unpaired) electrons. The van der Waals surface area contributed by atoms with Gasteiger partial charge in [-0.2, -0.15) is 0 Å². The highest BCUT2D eigenvalue weighted by Gasteiger charge is 2.11. The van der Waals surface area contributed by atoms with Gasteiger partial charge in [0.2, 0.25) is 5.91 Å². The van der Waals surface area contributed by atoms with Gasteiger partial charge in [0.1, 0.15) is 11.6 Å². The van der Waals surface area contributed by atoms with Crippen LogP contribution in [0.5, 0.6) is 0 Å². The molecule has 0 aromatic carbocycles. The van der Waals surface area contributed by atoms with Crippen molar-refractivity contribution in [2.45, 2.75) is 20.3 Å². The van der Waals surface area contributed by atoms with Gasteiger partial charge in [-0.05, 0) is 13.3 Å². The molecule has 1 rings (SSSR count). The van der Waals surface area contributed by atoms with Gasteiger partial charge < -0.3 is 16.0 Å². The number of carbonyl (C=O) groups excluding carboxylic acids is 1. The predicted octanol–water partition coefficient (Wildman–Crippen LogP) is 1.36. The van der Waals surface area contributed by atoms with Gasteiger partial charge in [-0.15, -0.1) is 0 Å². The number of hydrogen-bond donors (Lipinski definition) is 3. The standard InChI is InChI=1S/C12H19N5O3/c1-3-5-14-10-6-9(17(19)20)7-11(16-10)15-8-12(18)13-4-2/h6-7H,3-5,8H2,1-2H3,(H,13,18)(H2,14,15,16). The van der Waals surface area contributed by atoms with Crippen LogP contribution in [-0.2, 0) is 4.79 Å². The van der Waals surface area contributed by atoms with Crippen molar-refractivity contribution in [3.8, 4) is 0 Å². The van der Waals surface area contributed by atoms with Gasteiger partial charge >= 0.3 is 0 Å². The SMILES string of the molecule is CCCNc1cc([N+](=O)[O-])cc(NCC(=O)NCC)n1. The van der Waals surface area contributed by atoms with Gasteiger partial charge in [0, 0.05) is 13.1 Å². The molecule has 0 aliphatic carbocycles. The Kier molecular flexibility index (Phi) is 6.21. The van der Waals surface area contributed by atoms with Crippen LogP contribution < -0.4 is 16.0 Å². The zero-order valence-electron chi connectivity index (χ0n) is 11.6. The van der Waals surface area contributed by atoms with Crippen LogP contribution in [0.2, 0.25) is 0 Å². The van der Waals surface area contributed by atoms with E-state index in [0.717, 1.165) is 6.42 Å². The summed E-state index contributed by atoms with van der Waals surface area (Å²) in [5.41, 5.74) is -0.0722. The summed E-state index contributed by atoms with van der Waals surface area (Å²) in [4.78, 5) is 25.9. The Hall–Kier alpha value is -2.38. The second kappa shape index (κ2) is 7.93. The molecule has 1 aromatic heterocycles. The van der Waals surface area contributed by atoms with Crippen molar-refractivity contribution in [2.24, 2.45) is 0 Å². The molecule has 0 atom stereocenters. The predicted molar refractivity (Wildman–Crippen MR) is 76.8 cm³/mol. The Bertz CT molecular complexity index is 478. The minimum absolute atomic E-state index is 0.0230. The summed E-state index contributed by atoms with van der Waals surface area (Å²) >= 11 is 0. The highest BCUT2D eigenvalue weighted by Crippen LogP contribution is 2.20. The number of rotatable bonds is 8. The molecule has 0 saturated carbocycles. The third-order valence-corrected chi connectivity index (χ3v) is 2.38. The molecule has 3 N–H and O–H groups in total. The third-order valence-electron chi connectivity index (χ3n) is 2.38. The largest absolute Gasteiger partial charge is 0.370 e. The maximum absolute atomic E-state index is 11.3. The molecule has 0 saturated heterocycles. The Balaban J connectivity index is 2.80. The zero-order valence-corrected chi connectivity index (χ0v) is 11.6. The van der Waals surface area contributed by atoms with E-state index in [-0.39, 0.29) is 18.1 Å². The molecule has 0 bridgehead atoms. The Labute approximate surface area is 117 Å². The highest BCUT2D eigenvalue weighted by molar-refractivity contribution is 5.80. The van der Waals surface area contributed by atoms with E-state index in [4.69, 9.17) is 0 Å². The molecule has 1 amide bonds.